The molecule has 154 valence electrons. The van der Waals surface area contributed by atoms with E-state index in [2.05, 4.69) is 0 Å². The van der Waals surface area contributed by atoms with E-state index in [1.54, 1.807) is 12.1 Å². The molecule has 0 saturated carbocycles. The van der Waals surface area contributed by atoms with Gasteiger partial charge in [0, 0.05) is 43.9 Å². The number of hydrogen-bond donors (Lipinski definition) is 0. The van der Waals surface area contributed by atoms with Crippen LogP contribution in [0.1, 0.15) is 35.7 Å². The molecule has 0 aliphatic carbocycles. The molecule has 1 aliphatic rings. The van der Waals surface area contributed by atoms with Crippen LogP contribution < -0.4 is 0 Å². The zero-order chi connectivity index (χ0) is 21.2. The van der Waals surface area contributed by atoms with Crippen LogP contribution in [0.25, 0.3) is 0 Å². The number of non-ortho nitro benzene ring substituents is 1. The summed E-state index contributed by atoms with van der Waals surface area (Å²) < 4.78 is 27.1. The lowest BCUT2D eigenvalue weighted by Gasteiger charge is -2.34. The first-order chi connectivity index (χ1) is 13.7. The summed E-state index contributed by atoms with van der Waals surface area (Å²) in [5.74, 6) is -0.0258. The highest BCUT2D eigenvalue weighted by Crippen LogP contribution is 2.22. The molecule has 2 aromatic rings. The van der Waals surface area contributed by atoms with E-state index in [9.17, 15) is 23.3 Å². The van der Waals surface area contributed by atoms with Gasteiger partial charge in [-0.3, -0.25) is 14.9 Å². The van der Waals surface area contributed by atoms with Crippen molar-refractivity contribution in [2.24, 2.45) is 0 Å². The molecule has 0 aromatic heterocycles. The van der Waals surface area contributed by atoms with Crippen molar-refractivity contribution >= 4 is 21.6 Å². The number of nitro benzene ring substituents is 1. The highest BCUT2D eigenvalue weighted by atomic mass is 32.2. The van der Waals surface area contributed by atoms with Crippen LogP contribution in [0.3, 0.4) is 0 Å². The minimum Gasteiger partial charge on any atom is -0.336 e. The topological polar surface area (TPSA) is 101 Å². The fraction of sp³-hybridized carbons (Fsp3) is 0.350. The molecular weight excluding hydrogens is 394 g/mol. The Balaban J connectivity index is 1.68. The van der Waals surface area contributed by atoms with Crippen LogP contribution in [0.5, 0.6) is 0 Å². The van der Waals surface area contributed by atoms with E-state index in [0.717, 1.165) is 5.56 Å². The molecule has 1 fully saturated rings. The maximum Gasteiger partial charge on any atom is 0.270 e. The molecular formula is C20H23N3O5S. The lowest BCUT2D eigenvalue weighted by atomic mass is 10.0. The van der Waals surface area contributed by atoms with E-state index in [1.807, 2.05) is 26.0 Å². The van der Waals surface area contributed by atoms with E-state index in [4.69, 9.17) is 0 Å². The molecule has 0 unspecified atom stereocenters. The lowest BCUT2D eigenvalue weighted by Crippen LogP contribution is -2.50. The number of nitrogens with zero attached hydrogens (tertiary/aromatic N) is 3. The van der Waals surface area contributed by atoms with Crippen LogP contribution in [0.2, 0.25) is 0 Å². The van der Waals surface area contributed by atoms with E-state index in [0.29, 0.717) is 5.92 Å². The van der Waals surface area contributed by atoms with Gasteiger partial charge in [-0.15, -0.1) is 0 Å². The Morgan fingerprint density at radius 1 is 1.03 bits per heavy atom. The van der Waals surface area contributed by atoms with Gasteiger partial charge in [-0.1, -0.05) is 32.0 Å². The van der Waals surface area contributed by atoms with Crippen molar-refractivity contribution in [3.8, 4) is 0 Å². The van der Waals surface area contributed by atoms with Crippen LogP contribution in [0, 0.1) is 10.1 Å². The number of carbonyl (C=O) groups excluding carboxylic acids is 1. The first-order valence-electron chi connectivity index (χ1n) is 9.34. The van der Waals surface area contributed by atoms with Crippen LogP contribution >= 0.6 is 0 Å². The van der Waals surface area contributed by atoms with Gasteiger partial charge in [0.05, 0.1) is 9.82 Å². The minimum atomic E-state index is -3.63. The second kappa shape index (κ2) is 8.30. The van der Waals surface area contributed by atoms with Crippen molar-refractivity contribution < 1.29 is 18.1 Å². The Labute approximate surface area is 169 Å². The maximum absolute atomic E-state index is 12.9. The van der Waals surface area contributed by atoms with E-state index in [-0.39, 0.29) is 48.2 Å². The first kappa shape index (κ1) is 20.9. The Morgan fingerprint density at radius 2 is 1.66 bits per heavy atom. The smallest absolute Gasteiger partial charge is 0.270 e. The summed E-state index contributed by atoms with van der Waals surface area (Å²) in [6.45, 7) is 4.89. The zero-order valence-electron chi connectivity index (χ0n) is 16.3. The Bertz CT molecular complexity index is 1010. The predicted molar refractivity (Wildman–Crippen MR) is 108 cm³/mol. The summed E-state index contributed by atoms with van der Waals surface area (Å²) in [5.41, 5.74) is 1.14. The van der Waals surface area contributed by atoms with Gasteiger partial charge >= 0.3 is 0 Å². The van der Waals surface area contributed by atoms with Crippen molar-refractivity contribution in [2.45, 2.75) is 24.7 Å². The Kier molecular flexibility index (Phi) is 5.99. The second-order valence-corrected chi connectivity index (χ2v) is 9.17. The summed E-state index contributed by atoms with van der Waals surface area (Å²) in [6.07, 6.45) is 0. The first-order valence-corrected chi connectivity index (χ1v) is 10.8. The fourth-order valence-corrected chi connectivity index (χ4v) is 4.66. The van der Waals surface area contributed by atoms with E-state index >= 15 is 0 Å². The summed E-state index contributed by atoms with van der Waals surface area (Å²) in [6, 6.07) is 12.4. The van der Waals surface area contributed by atoms with E-state index in [1.165, 1.54) is 33.5 Å². The summed E-state index contributed by atoms with van der Waals surface area (Å²) in [4.78, 5) is 24.8. The third-order valence-corrected chi connectivity index (χ3v) is 6.93. The van der Waals surface area contributed by atoms with E-state index < -0.39 is 14.9 Å². The largest absolute Gasteiger partial charge is 0.336 e. The number of carbonyl (C=O) groups is 1. The molecule has 1 heterocycles. The van der Waals surface area contributed by atoms with Crippen molar-refractivity contribution in [3.05, 3.63) is 69.8 Å². The van der Waals surface area contributed by atoms with Crippen LogP contribution in [-0.4, -0.2) is 54.6 Å². The summed E-state index contributed by atoms with van der Waals surface area (Å²) in [5, 5.41) is 10.9. The molecule has 29 heavy (non-hydrogen) atoms. The molecule has 1 saturated heterocycles. The third-order valence-electron chi connectivity index (χ3n) is 5.01. The molecule has 3 rings (SSSR count). The minimum absolute atomic E-state index is 0.151. The average molecular weight is 417 g/mol. The average Bonchev–Trinajstić information content (AvgIpc) is 2.73. The third kappa shape index (κ3) is 4.46. The second-order valence-electron chi connectivity index (χ2n) is 7.23. The van der Waals surface area contributed by atoms with Crippen molar-refractivity contribution in [1.29, 1.82) is 0 Å². The SMILES string of the molecule is CC(C)c1ccc(S(=O)(=O)N2CCN(C(=O)c3cccc([N+](=O)[O-])c3)CC2)cc1. The van der Waals surface area contributed by atoms with Gasteiger partial charge in [0.2, 0.25) is 10.0 Å². The van der Waals surface area contributed by atoms with Crippen LogP contribution in [0.4, 0.5) is 5.69 Å². The Hall–Kier alpha value is -2.78. The standard InChI is InChI=1S/C20H23N3O5S/c1-15(2)16-6-8-19(9-7-16)29(27,28)22-12-10-21(11-13-22)20(24)17-4-3-5-18(14-17)23(25)26/h3-9,14-15H,10-13H2,1-2H3. The highest BCUT2D eigenvalue weighted by molar-refractivity contribution is 7.89. The summed E-state index contributed by atoms with van der Waals surface area (Å²) in [7, 11) is -3.63. The van der Waals surface area contributed by atoms with Gasteiger partial charge in [-0.25, -0.2) is 8.42 Å². The van der Waals surface area contributed by atoms with Crippen molar-refractivity contribution in [2.75, 3.05) is 26.2 Å². The highest BCUT2D eigenvalue weighted by Gasteiger charge is 2.30. The number of sulfonamides is 1. The molecule has 1 amide bonds. The quantitative estimate of drug-likeness (QED) is 0.550. The molecule has 0 atom stereocenters. The molecule has 0 N–H and O–H groups in total. The monoisotopic (exact) mass is 417 g/mol. The lowest BCUT2D eigenvalue weighted by molar-refractivity contribution is -0.384. The van der Waals surface area contributed by atoms with Crippen LogP contribution in [-0.2, 0) is 10.0 Å². The molecule has 2 aromatic carbocycles. The molecule has 0 radical (unpaired) electrons. The number of piperazine rings is 1. The van der Waals surface area contributed by atoms with Gasteiger partial charge < -0.3 is 4.90 Å². The zero-order valence-corrected chi connectivity index (χ0v) is 17.1. The number of nitro groups is 1. The molecule has 8 nitrogen and oxygen atoms in total. The van der Waals surface area contributed by atoms with Gasteiger partial charge in [-0.05, 0) is 29.7 Å². The number of amides is 1. The van der Waals surface area contributed by atoms with Gasteiger partial charge in [0.25, 0.3) is 11.6 Å². The fourth-order valence-electron chi connectivity index (χ4n) is 3.24. The molecule has 0 spiro atoms. The molecule has 9 heteroatoms. The molecule has 0 bridgehead atoms. The van der Waals surface area contributed by atoms with Crippen LogP contribution in [0.15, 0.2) is 53.4 Å². The van der Waals surface area contributed by atoms with Crippen molar-refractivity contribution in [1.82, 2.24) is 9.21 Å². The van der Waals surface area contributed by atoms with Gasteiger partial charge in [0.1, 0.15) is 0 Å². The van der Waals surface area contributed by atoms with Gasteiger partial charge in [-0.2, -0.15) is 4.31 Å². The predicted octanol–water partition coefficient (Wildman–Crippen LogP) is 2.86. The molecule has 1 aliphatic heterocycles. The van der Waals surface area contributed by atoms with Gasteiger partial charge in [0.15, 0.2) is 0 Å². The van der Waals surface area contributed by atoms with Crippen molar-refractivity contribution in [3.63, 3.8) is 0 Å². The normalized spacial score (nSPS) is 15.5. The maximum atomic E-state index is 12.9. The summed E-state index contributed by atoms with van der Waals surface area (Å²) >= 11 is 0. The number of hydrogen-bond acceptors (Lipinski definition) is 5. The number of rotatable bonds is 5. The Morgan fingerprint density at radius 3 is 2.21 bits per heavy atom. The number of benzene rings is 2.